The van der Waals surface area contributed by atoms with Gasteiger partial charge in [0.05, 0.1) is 0 Å². The lowest BCUT2D eigenvalue weighted by molar-refractivity contribution is 0.610. The average molecular weight is 135 g/mol. The fraction of sp³-hybridized carbons (Fsp3) is 0.625. The first-order valence-corrected chi connectivity index (χ1v) is 3.76. The van der Waals surface area contributed by atoms with Gasteiger partial charge in [0.15, 0.2) is 0 Å². The first kappa shape index (κ1) is 5.96. The molecule has 1 fully saturated rings. The van der Waals surface area contributed by atoms with Gasteiger partial charge >= 0.3 is 0 Å². The number of hydrogen-bond acceptors (Lipinski definition) is 1. The van der Waals surface area contributed by atoms with E-state index >= 15 is 0 Å². The van der Waals surface area contributed by atoms with Crippen LogP contribution in [0.15, 0.2) is 6.20 Å². The standard InChI is InChI=1S/C8H11N2/c1-7-9-4-5-10(7)6-8-2-3-8/h5,8H,2-3,6H2,1H3. The van der Waals surface area contributed by atoms with Gasteiger partial charge in [-0.1, -0.05) is 0 Å². The van der Waals surface area contributed by atoms with Crippen molar-refractivity contribution in [3.8, 4) is 0 Å². The predicted molar refractivity (Wildman–Crippen MR) is 38.5 cm³/mol. The van der Waals surface area contributed by atoms with E-state index in [4.69, 9.17) is 0 Å². The fourth-order valence-electron chi connectivity index (χ4n) is 1.11. The van der Waals surface area contributed by atoms with Crippen LogP contribution in [0.4, 0.5) is 0 Å². The van der Waals surface area contributed by atoms with Crippen molar-refractivity contribution < 1.29 is 0 Å². The molecule has 1 radical (unpaired) electrons. The minimum atomic E-state index is 0.932. The van der Waals surface area contributed by atoms with Crippen molar-refractivity contribution >= 4 is 0 Å². The van der Waals surface area contributed by atoms with Crippen molar-refractivity contribution in [1.82, 2.24) is 9.55 Å². The molecule has 0 unspecified atom stereocenters. The minimum Gasteiger partial charge on any atom is -0.334 e. The van der Waals surface area contributed by atoms with Crippen LogP contribution >= 0.6 is 0 Å². The van der Waals surface area contributed by atoms with Crippen LogP contribution in [0.25, 0.3) is 0 Å². The largest absolute Gasteiger partial charge is 0.334 e. The summed E-state index contributed by atoms with van der Waals surface area (Å²) in [6.45, 7) is 3.18. The predicted octanol–water partition coefficient (Wildman–Crippen LogP) is 1.40. The first-order valence-electron chi connectivity index (χ1n) is 3.76. The zero-order valence-corrected chi connectivity index (χ0v) is 6.17. The number of hydrogen-bond donors (Lipinski definition) is 0. The summed E-state index contributed by atoms with van der Waals surface area (Å²) in [7, 11) is 0. The SMILES string of the molecule is Cc1n[c]cn1CC1CC1. The third-order valence-corrected chi connectivity index (χ3v) is 2.01. The zero-order valence-electron chi connectivity index (χ0n) is 6.17. The van der Waals surface area contributed by atoms with Gasteiger partial charge in [-0.25, -0.2) is 4.98 Å². The van der Waals surface area contributed by atoms with Gasteiger partial charge in [0.2, 0.25) is 0 Å². The van der Waals surface area contributed by atoms with Crippen molar-refractivity contribution in [2.24, 2.45) is 5.92 Å². The van der Waals surface area contributed by atoms with Gasteiger partial charge in [-0.3, -0.25) is 0 Å². The Hall–Kier alpha value is -0.790. The number of aromatic nitrogens is 2. The van der Waals surface area contributed by atoms with Gasteiger partial charge in [0.25, 0.3) is 0 Å². The Morgan fingerprint density at radius 2 is 2.60 bits per heavy atom. The quantitative estimate of drug-likeness (QED) is 0.599. The van der Waals surface area contributed by atoms with Gasteiger partial charge in [-0.15, -0.1) is 0 Å². The summed E-state index contributed by atoms with van der Waals surface area (Å²) in [6, 6.07) is 0. The number of aryl methyl sites for hydroxylation is 1. The van der Waals surface area contributed by atoms with Crippen LogP contribution in [-0.2, 0) is 6.54 Å². The maximum atomic E-state index is 4.04. The summed E-state index contributed by atoms with van der Waals surface area (Å²) in [4.78, 5) is 4.04. The lowest BCUT2D eigenvalue weighted by Crippen LogP contribution is -1.99. The number of imidazole rings is 1. The molecule has 1 saturated carbocycles. The topological polar surface area (TPSA) is 17.8 Å². The molecular formula is C8H11N2. The van der Waals surface area contributed by atoms with E-state index in [1.165, 1.54) is 12.8 Å². The highest BCUT2D eigenvalue weighted by molar-refractivity contribution is 4.89. The van der Waals surface area contributed by atoms with Crippen LogP contribution < -0.4 is 0 Å². The molecular weight excluding hydrogens is 124 g/mol. The lowest BCUT2D eigenvalue weighted by atomic mass is 10.4. The Morgan fingerprint density at radius 3 is 3.10 bits per heavy atom. The van der Waals surface area contributed by atoms with E-state index in [0.29, 0.717) is 0 Å². The van der Waals surface area contributed by atoms with Crippen LogP contribution in [0.1, 0.15) is 18.7 Å². The Balaban J connectivity index is 2.08. The zero-order chi connectivity index (χ0) is 6.97. The number of rotatable bonds is 2. The molecule has 1 aromatic heterocycles. The van der Waals surface area contributed by atoms with E-state index in [9.17, 15) is 0 Å². The van der Waals surface area contributed by atoms with Crippen LogP contribution in [0, 0.1) is 19.0 Å². The maximum absolute atomic E-state index is 4.04. The highest BCUT2D eigenvalue weighted by Crippen LogP contribution is 2.30. The highest BCUT2D eigenvalue weighted by atomic mass is 15.1. The summed E-state index contributed by atoms with van der Waals surface area (Å²) >= 11 is 0. The molecule has 1 aliphatic rings. The smallest absolute Gasteiger partial charge is 0.109 e. The molecule has 0 saturated heterocycles. The van der Waals surface area contributed by atoms with E-state index in [2.05, 4.69) is 15.7 Å². The molecule has 1 aliphatic carbocycles. The summed E-state index contributed by atoms with van der Waals surface area (Å²) in [6.07, 6.45) is 7.58. The first-order chi connectivity index (χ1) is 4.86. The summed E-state index contributed by atoms with van der Waals surface area (Å²) in [5.41, 5.74) is 0. The van der Waals surface area contributed by atoms with Crippen molar-refractivity contribution in [3.05, 3.63) is 18.2 Å². The average Bonchev–Trinajstić information content (AvgIpc) is 2.62. The molecule has 0 aromatic carbocycles. The van der Waals surface area contributed by atoms with Crippen molar-refractivity contribution in [3.63, 3.8) is 0 Å². The molecule has 10 heavy (non-hydrogen) atoms. The van der Waals surface area contributed by atoms with Crippen LogP contribution in [0.3, 0.4) is 0 Å². The second-order valence-electron chi connectivity index (χ2n) is 3.01. The second-order valence-corrected chi connectivity index (χ2v) is 3.01. The molecule has 0 bridgehead atoms. The maximum Gasteiger partial charge on any atom is 0.109 e. The molecule has 0 N–H and O–H groups in total. The Morgan fingerprint density at radius 1 is 1.80 bits per heavy atom. The molecule has 2 heteroatoms. The van der Waals surface area contributed by atoms with Gasteiger partial charge < -0.3 is 4.57 Å². The monoisotopic (exact) mass is 135 g/mol. The highest BCUT2D eigenvalue weighted by Gasteiger charge is 2.21. The summed E-state index contributed by atoms with van der Waals surface area (Å²) in [5.74, 6) is 2.02. The van der Waals surface area contributed by atoms with Crippen LogP contribution in [0.2, 0.25) is 0 Å². The number of nitrogens with zero attached hydrogens (tertiary/aromatic N) is 2. The van der Waals surface area contributed by atoms with E-state index in [1.54, 1.807) is 0 Å². The Bertz CT molecular complexity index is 223. The Labute approximate surface area is 60.9 Å². The molecule has 0 atom stereocenters. The molecule has 2 rings (SSSR count). The van der Waals surface area contributed by atoms with Crippen molar-refractivity contribution in [1.29, 1.82) is 0 Å². The molecule has 1 aromatic rings. The third-order valence-electron chi connectivity index (χ3n) is 2.01. The molecule has 1 heterocycles. The van der Waals surface area contributed by atoms with E-state index in [0.717, 1.165) is 18.3 Å². The van der Waals surface area contributed by atoms with E-state index in [1.807, 2.05) is 13.1 Å². The second kappa shape index (κ2) is 2.11. The normalized spacial score (nSPS) is 17.7. The van der Waals surface area contributed by atoms with Crippen LogP contribution in [0.5, 0.6) is 0 Å². The molecule has 0 amide bonds. The molecule has 53 valence electrons. The fourth-order valence-corrected chi connectivity index (χ4v) is 1.11. The van der Waals surface area contributed by atoms with Crippen LogP contribution in [-0.4, -0.2) is 9.55 Å². The Kier molecular flexibility index (Phi) is 1.26. The summed E-state index contributed by atoms with van der Waals surface area (Å²) in [5, 5.41) is 0. The van der Waals surface area contributed by atoms with E-state index in [-0.39, 0.29) is 0 Å². The minimum absolute atomic E-state index is 0.932. The van der Waals surface area contributed by atoms with Gasteiger partial charge in [-0.05, 0) is 25.7 Å². The third kappa shape index (κ3) is 1.06. The lowest BCUT2D eigenvalue weighted by Gasteiger charge is -2.00. The van der Waals surface area contributed by atoms with Crippen molar-refractivity contribution in [2.45, 2.75) is 26.3 Å². The van der Waals surface area contributed by atoms with Gasteiger partial charge in [0.1, 0.15) is 12.0 Å². The molecule has 2 nitrogen and oxygen atoms in total. The molecule has 0 aliphatic heterocycles. The van der Waals surface area contributed by atoms with E-state index < -0.39 is 0 Å². The molecule has 0 spiro atoms. The van der Waals surface area contributed by atoms with Gasteiger partial charge in [-0.2, -0.15) is 0 Å². The van der Waals surface area contributed by atoms with Gasteiger partial charge in [0, 0.05) is 12.7 Å². The summed E-state index contributed by atoms with van der Waals surface area (Å²) < 4.78 is 2.18. The van der Waals surface area contributed by atoms with Crippen molar-refractivity contribution in [2.75, 3.05) is 0 Å².